The maximum Gasteiger partial charge on any atom is 0.0295 e. The summed E-state index contributed by atoms with van der Waals surface area (Å²) in [6, 6.07) is 0. The average Bonchev–Trinajstić information content (AvgIpc) is 2.06. The number of rotatable bonds is 3. The van der Waals surface area contributed by atoms with E-state index in [1.54, 1.807) is 0 Å². The van der Waals surface area contributed by atoms with Gasteiger partial charge < -0.3 is 0 Å². The lowest BCUT2D eigenvalue weighted by Gasteiger charge is -2.14. The lowest BCUT2D eigenvalue weighted by Crippen LogP contribution is -2.04. The van der Waals surface area contributed by atoms with E-state index in [0.717, 1.165) is 5.92 Å². The maximum absolute atomic E-state index is 2.50. The quantitative estimate of drug-likeness (QED) is 0.416. The largest absolute Gasteiger partial charge is 0.0906 e. The molecule has 0 aromatic rings. The Bertz CT molecular complexity index is 201. The Morgan fingerprint density at radius 1 is 1.58 bits per heavy atom. The number of allylic oxidation sites excluding steroid dienone is 6. The van der Waals surface area contributed by atoms with Gasteiger partial charge in [0.05, 0.1) is 0 Å². The van der Waals surface area contributed by atoms with Crippen molar-refractivity contribution < 1.29 is 0 Å². The van der Waals surface area contributed by atoms with Gasteiger partial charge in [-0.3, -0.25) is 0 Å². The molecule has 1 aliphatic carbocycles. The van der Waals surface area contributed by atoms with Gasteiger partial charge in [0.1, 0.15) is 0 Å². The zero-order chi connectivity index (χ0) is 8.81. The van der Waals surface area contributed by atoms with E-state index in [0.29, 0.717) is 3.92 Å². The minimum Gasteiger partial charge on any atom is -0.0906 e. The molecule has 0 aliphatic heterocycles. The molecular formula is C11H15I. The van der Waals surface area contributed by atoms with Gasteiger partial charge in [-0.2, -0.15) is 0 Å². The monoisotopic (exact) mass is 274 g/mol. The third-order valence-corrected chi connectivity index (χ3v) is 2.92. The molecule has 12 heavy (non-hydrogen) atoms. The summed E-state index contributed by atoms with van der Waals surface area (Å²) < 4.78 is 0.689. The highest BCUT2D eigenvalue weighted by atomic mass is 127. The van der Waals surface area contributed by atoms with Crippen molar-refractivity contribution in [3.05, 3.63) is 36.5 Å². The van der Waals surface area contributed by atoms with E-state index < -0.39 is 0 Å². The van der Waals surface area contributed by atoms with Gasteiger partial charge in [-0.25, -0.2) is 0 Å². The van der Waals surface area contributed by atoms with Crippen LogP contribution in [0.3, 0.4) is 0 Å². The Kier molecular flexibility index (Phi) is 4.66. The highest BCUT2D eigenvalue weighted by Crippen LogP contribution is 2.21. The first-order valence-electron chi connectivity index (χ1n) is 4.43. The molecule has 0 heterocycles. The highest BCUT2D eigenvalue weighted by molar-refractivity contribution is 14.1. The Balaban J connectivity index is 2.31. The molecule has 0 saturated heterocycles. The molecule has 0 aromatic carbocycles. The third kappa shape index (κ3) is 3.57. The van der Waals surface area contributed by atoms with E-state index in [2.05, 4.69) is 66.0 Å². The van der Waals surface area contributed by atoms with Gasteiger partial charge in [0.2, 0.25) is 0 Å². The minimum atomic E-state index is 0.689. The van der Waals surface area contributed by atoms with Crippen molar-refractivity contribution >= 4 is 22.6 Å². The van der Waals surface area contributed by atoms with E-state index in [1.807, 2.05) is 0 Å². The number of hydrogen-bond donors (Lipinski definition) is 0. The molecule has 0 bridgehead atoms. The summed E-state index contributed by atoms with van der Waals surface area (Å²) in [7, 11) is 0. The Morgan fingerprint density at radius 2 is 2.42 bits per heavy atom. The first-order chi connectivity index (χ1) is 5.83. The molecule has 0 spiro atoms. The maximum atomic E-state index is 2.50. The second kappa shape index (κ2) is 5.57. The number of alkyl halides is 1. The predicted octanol–water partition coefficient (Wildman–Crippen LogP) is 3.89. The van der Waals surface area contributed by atoms with Crippen molar-refractivity contribution in [1.29, 1.82) is 0 Å². The molecule has 66 valence electrons. The molecule has 0 saturated carbocycles. The van der Waals surface area contributed by atoms with Crippen LogP contribution in [0.1, 0.15) is 19.8 Å². The van der Waals surface area contributed by atoms with Crippen LogP contribution < -0.4 is 0 Å². The van der Waals surface area contributed by atoms with Gasteiger partial charge in [0.25, 0.3) is 0 Å². The second-order valence-electron chi connectivity index (χ2n) is 3.09. The Labute approximate surface area is 88.6 Å². The first-order valence-corrected chi connectivity index (χ1v) is 5.67. The third-order valence-electron chi connectivity index (χ3n) is 2.00. The smallest absolute Gasteiger partial charge is 0.0295 e. The summed E-state index contributed by atoms with van der Waals surface area (Å²) in [5.74, 6) is 0.757. The van der Waals surface area contributed by atoms with Gasteiger partial charge in [0, 0.05) is 3.92 Å². The van der Waals surface area contributed by atoms with Gasteiger partial charge in [-0.05, 0) is 25.7 Å². The molecule has 1 rings (SSSR count). The highest BCUT2D eigenvalue weighted by Gasteiger charge is 2.08. The lowest BCUT2D eigenvalue weighted by atomic mass is 9.96. The fraction of sp³-hybridized carbons (Fsp3) is 0.455. The van der Waals surface area contributed by atoms with Crippen molar-refractivity contribution in [3.63, 3.8) is 0 Å². The van der Waals surface area contributed by atoms with Crippen LogP contribution in [0.25, 0.3) is 0 Å². The zero-order valence-electron chi connectivity index (χ0n) is 7.41. The van der Waals surface area contributed by atoms with Crippen LogP contribution >= 0.6 is 22.6 Å². The zero-order valence-corrected chi connectivity index (χ0v) is 9.57. The average molecular weight is 274 g/mol. The van der Waals surface area contributed by atoms with Crippen LogP contribution in [0.2, 0.25) is 0 Å². The van der Waals surface area contributed by atoms with Crippen LogP contribution in [-0.2, 0) is 0 Å². The Morgan fingerprint density at radius 3 is 3.00 bits per heavy atom. The first kappa shape index (κ1) is 10.0. The molecule has 0 nitrogen and oxygen atoms in total. The van der Waals surface area contributed by atoms with Crippen LogP contribution in [0, 0.1) is 5.92 Å². The molecule has 0 fully saturated rings. The van der Waals surface area contributed by atoms with Crippen molar-refractivity contribution in [3.8, 4) is 0 Å². The van der Waals surface area contributed by atoms with E-state index in [4.69, 9.17) is 0 Å². The Hall–Kier alpha value is -0.0500. The fourth-order valence-corrected chi connectivity index (χ4v) is 2.45. The van der Waals surface area contributed by atoms with Gasteiger partial charge in [-0.1, -0.05) is 59.0 Å². The summed E-state index contributed by atoms with van der Waals surface area (Å²) >= 11 is 2.50. The SMILES string of the molecule is C/C=C\[C@@H](I)C[C@@H]1C=CC=CC1. The van der Waals surface area contributed by atoms with Gasteiger partial charge in [0.15, 0.2) is 0 Å². The normalized spacial score (nSPS) is 25.0. The molecule has 0 N–H and O–H groups in total. The molecule has 0 unspecified atom stereocenters. The van der Waals surface area contributed by atoms with Crippen molar-refractivity contribution in [2.45, 2.75) is 23.7 Å². The molecule has 1 aliphatic rings. The molecule has 1 heteroatoms. The lowest BCUT2D eigenvalue weighted by molar-refractivity contribution is 0.616. The van der Waals surface area contributed by atoms with Crippen molar-refractivity contribution in [2.75, 3.05) is 0 Å². The summed E-state index contributed by atoms with van der Waals surface area (Å²) in [6.07, 6.45) is 15.8. The molecule has 2 atom stereocenters. The molecular weight excluding hydrogens is 259 g/mol. The molecule has 0 radical (unpaired) electrons. The standard InChI is InChI=1S/C11H15I/c1-2-6-11(12)9-10-7-4-3-5-8-10/h2-7,10-11H,8-9H2,1H3/b6-2-/t10-,11-/m1/s1. The van der Waals surface area contributed by atoms with Crippen LogP contribution in [-0.4, -0.2) is 3.92 Å². The van der Waals surface area contributed by atoms with Crippen LogP contribution in [0.15, 0.2) is 36.5 Å². The van der Waals surface area contributed by atoms with Crippen LogP contribution in [0.4, 0.5) is 0 Å². The van der Waals surface area contributed by atoms with Crippen molar-refractivity contribution in [1.82, 2.24) is 0 Å². The number of halogens is 1. The predicted molar refractivity (Wildman–Crippen MR) is 63.6 cm³/mol. The summed E-state index contributed by atoms with van der Waals surface area (Å²) in [5.41, 5.74) is 0. The molecule has 0 amide bonds. The van der Waals surface area contributed by atoms with E-state index in [9.17, 15) is 0 Å². The summed E-state index contributed by atoms with van der Waals surface area (Å²) in [4.78, 5) is 0. The topological polar surface area (TPSA) is 0 Å². The summed E-state index contributed by atoms with van der Waals surface area (Å²) in [5, 5.41) is 0. The number of hydrogen-bond acceptors (Lipinski definition) is 0. The minimum absolute atomic E-state index is 0.689. The summed E-state index contributed by atoms with van der Waals surface area (Å²) in [6.45, 7) is 2.09. The van der Waals surface area contributed by atoms with Crippen LogP contribution in [0.5, 0.6) is 0 Å². The van der Waals surface area contributed by atoms with Gasteiger partial charge >= 0.3 is 0 Å². The van der Waals surface area contributed by atoms with E-state index in [1.165, 1.54) is 12.8 Å². The van der Waals surface area contributed by atoms with Crippen molar-refractivity contribution in [2.24, 2.45) is 5.92 Å². The molecule has 0 aromatic heterocycles. The van der Waals surface area contributed by atoms with E-state index in [-0.39, 0.29) is 0 Å². The van der Waals surface area contributed by atoms with Gasteiger partial charge in [-0.15, -0.1) is 0 Å². The second-order valence-corrected chi connectivity index (χ2v) is 4.69. The fourth-order valence-electron chi connectivity index (χ4n) is 1.38. The van der Waals surface area contributed by atoms with E-state index >= 15 is 0 Å².